The van der Waals surface area contributed by atoms with Gasteiger partial charge in [-0.25, -0.2) is 0 Å². The van der Waals surface area contributed by atoms with Crippen molar-refractivity contribution in [2.75, 3.05) is 6.61 Å². The Morgan fingerprint density at radius 1 is 1.22 bits per heavy atom. The van der Waals surface area contributed by atoms with Gasteiger partial charge < -0.3 is 4.74 Å². The zero-order valence-electron chi connectivity index (χ0n) is 10.1. The van der Waals surface area contributed by atoms with Crippen molar-refractivity contribution in [3.05, 3.63) is 35.4 Å². The Hall–Kier alpha value is -1.52. The number of alkyl halides is 3. The lowest BCUT2D eigenvalue weighted by Gasteiger charge is -2.07. The normalized spacial score (nSPS) is 11.3. The molecule has 0 unspecified atom stereocenters. The molecule has 0 aliphatic heterocycles. The van der Waals surface area contributed by atoms with Gasteiger partial charge >= 0.3 is 12.1 Å². The second-order valence-electron chi connectivity index (χ2n) is 3.87. The van der Waals surface area contributed by atoms with Crippen LogP contribution >= 0.6 is 0 Å². The fourth-order valence-corrected chi connectivity index (χ4v) is 1.42. The fraction of sp³-hybridized carbons (Fsp3) is 0.462. The molecule has 18 heavy (non-hydrogen) atoms. The van der Waals surface area contributed by atoms with Crippen LogP contribution in [0.3, 0.4) is 0 Å². The Bertz CT molecular complexity index is 382. The van der Waals surface area contributed by atoms with Crippen molar-refractivity contribution >= 4 is 5.97 Å². The maximum absolute atomic E-state index is 12.3. The number of carbonyl (C=O) groups excluding carboxylic acids is 1. The number of rotatable bonds is 5. The number of carbonyl (C=O) groups is 1. The second-order valence-corrected chi connectivity index (χ2v) is 3.87. The van der Waals surface area contributed by atoms with Crippen LogP contribution in [-0.2, 0) is 22.1 Å². The van der Waals surface area contributed by atoms with E-state index in [0.717, 1.165) is 17.7 Å². The molecule has 0 atom stereocenters. The average molecular weight is 260 g/mol. The van der Waals surface area contributed by atoms with E-state index >= 15 is 0 Å². The first-order valence-electron chi connectivity index (χ1n) is 5.75. The minimum atomic E-state index is -4.30. The monoisotopic (exact) mass is 260 g/mol. The summed E-state index contributed by atoms with van der Waals surface area (Å²) in [7, 11) is 0. The minimum Gasteiger partial charge on any atom is -0.466 e. The summed E-state index contributed by atoms with van der Waals surface area (Å²) < 4.78 is 41.8. The zero-order valence-corrected chi connectivity index (χ0v) is 10.1. The molecule has 0 amide bonds. The van der Waals surface area contributed by atoms with Gasteiger partial charge in [0.25, 0.3) is 0 Å². The quantitative estimate of drug-likeness (QED) is 0.597. The number of hydrogen-bond donors (Lipinski definition) is 0. The number of ether oxygens (including phenoxy) is 1. The topological polar surface area (TPSA) is 26.3 Å². The summed E-state index contributed by atoms with van der Waals surface area (Å²) in [6.07, 6.45) is -2.76. The van der Waals surface area contributed by atoms with Crippen molar-refractivity contribution in [2.24, 2.45) is 0 Å². The molecule has 0 saturated carbocycles. The fourth-order valence-electron chi connectivity index (χ4n) is 1.42. The van der Waals surface area contributed by atoms with Gasteiger partial charge in [-0.15, -0.1) is 0 Å². The van der Waals surface area contributed by atoms with Gasteiger partial charge in [-0.2, -0.15) is 13.2 Å². The van der Waals surface area contributed by atoms with Crippen LogP contribution in [-0.4, -0.2) is 12.6 Å². The molecule has 0 fully saturated rings. The Morgan fingerprint density at radius 3 is 2.33 bits per heavy atom. The predicted octanol–water partition coefficient (Wildman–Crippen LogP) is 3.59. The van der Waals surface area contributed by atoms with Gasteiger partial charge in [0.1, 0.15) is 0 Å². The molecule has 0 aromatic heterocycles. The summed E-state index contributed by atoms with van der Waals surface area (Å²) in [5.74, 6) is -0.262. The van der Waals surface area contributed by atoms with Gasteiger partial charge in [0.15, 0.2) is 0 Å². The van der Waals surface area contributed by atoms with E-state index in [1.807, 2.05) is 0 Å². The largest absolute Gasteiger partial charge is 0.466 e. The van der Waals surface area contributed by atoms with E-state index in [1.54, 1.807) is 6.92 Å². The lowest BCUT2D eigenvalue weighted by atomic mass is 10.1. The molecule has 1 aromatic carbocycles. The molecule has 100 valence electrons. The lowest BCUT2D eigenvalue weighted by Crippen LogP contribution is -2.06. The second kappa shape index (κ2) is 6.42. The highest BCUT2D eigenvalue weighted by Crippen LogP contribution is 2.29. The smallest absolute Gasteiger partial charge is 0.416 e. The SMILES string of the molecule is CCC(=O)OCCCc1ccc(C(F)(F)F)cc1. The number of halogens is 3. The molecule has 2 nitrogen and oxygen atoms in total. The number of hydrogen-bond acceptors (Lipinski definition) is 2. The van der Waals surface area contributed by atoms with Crippen molar-refractivity contribution in [1.82, 2.24) is 0 Å². The van der Waals surface area contributed by atoms with Crippen molar-refractivity contribution in [1.29, 1.82) is 0 Å². The molecule has 0 bridgehead atoms. The van der Waals surface area contributed by atoms with Crippen LogP contribution in [0.15, 0.2) is 24.3 Å². The Balaban J connectivity index is 2.38. The summed E-state index contributed by atoms with van der Waals surface area (Å²) in [5.41, 5.74) is 0.152. The van der Waals surface area contributed by atoms with E-state index in [9.17, 15) is 18.0 Å². The zero-order chi connectivity index (χ0) is 13.6. The Kier molecular flexibility index (Phi) is 5.19. The molecule has 0 aliphatic rings. The summed E-state index contributed by atoms with van der Waals surface area (Å²) >= 11 is 0. The summed E-state index contributed by atoms with van der Waals surface area (Å²) in [6.45, 7) is 2.01. The lowest BCUT2D eigenvalue weighted by molar-refractivity contribution is -0.143. The van der Waals surface area contributed by atoms with Crippen molar-refractivity contribution < 1.29 is 22.7 Å². The van der Waals surface area contributed by atoms with Gasteiger partial charge in [-0.1, -0.05) is 19.1 Å². The van der Waals surface area contributed by atoms with E-state index in [2.05, 4.69) is 0 Å². The molecular weight excluding hydrogens is 245 g/mol. The van der Waals surface area contributed by atoms with E-state index in [1.165, 1.54) is 12.1 Å². The Morgan fingerprint density at radius 2 is 1.83 bits per heavy atom. The molecule has 5 heteroatoms. The molecular formula is C13H15F3O2. The Labute approximate surface area is 104 Å². The molecule has 1 aromatic rings. The van der Waals surface area contributed by atoms with Gasteiger partial charge in [-0.3, -0.25) is 4.79 Å². The molecule has 0 aliphatic carbocycles. The van der Waals surface area contributed by atoms with E-state index in [-0.39, 0.29) is 5.97 Å². The predicted molar refractivity (Wildman–Crippen MR) is 61.0 cm³/mol. The standard InChI is InChI=1S/C13H15F3O2/c1-2-12(17)18-9-3-4-10-5-7-11(8-6-10)13(14,15)16/h5-8H,2-4,9H2,1H3. The highest BCUT2D eigenvalue weighted by Gasteiger charge is 2.29. The first-order valence-corrected chi connectivity index (χ1v) is 5.75. The number of aryl methyl sites for hydroxylation is 1. The first kappa shape index (κ1) is 14.5. The first-order chi connectivity index (χ1) is 8.43. The third kappa shape index (κ3) is 4.77. The number of esters is 1. The van der Waals surface area contributed by atoms with E-state index in [4.69, 9.17) is 4.74 Å². The maximum Gasteiger partial charge on any atom is 0.416 e. The van der Waals surface area contributed by atoms with Crippen LogP contribution in [0.2, 0.25) is 0 Å². The van der Waals surface area contributed by atoms with Crippen LogP contribution < -0.4 is 0 Å². The minimum absolute atomic E-state index is 0.262. The summed E-state index contributed by atoms with van der Waals surface area (Å²) in [6, 6.07) is 5.02. The maximum atomic E-state index is 12.3. The van der Waals surface area contributed by atoms with Crippen molar-refractivity contribution in [2.45, 2.75) is 32.4 Å². The third-order valence-corrected chi connectivity index (χ3v) is 2.44. The molecule has 0 heterocycles. The van der Waals surface area contributed by atoms with E-state index < -0.39 is 11.7 Å². The summed E-state index contributed by atoms with van der Waals surface area (Å²) in [5, 5.41) is 0. The van der Waals surface area contributed by atoms with Gasteiger partial charge in [0.05, 0.1) is 12.2 Å². The van der Waals surface area contributed by atoms with Crippen molar-refractivity contribution in [3.63, 3.8) is 0 Å². The molecule has 0 radical (unpaired) electrons. The summed E-state index contributed by atoms with van der Waals surface area (Å²) in [4.78, 5) is 10.8. The molecule has 0 saturated heterocycles. The van der Waals surface area contributed by atoms with Gasteiger partial charge in [0.2, 0.25) is 0 Å². The molecule has 0 N–H and O–H groups in total. The highest BCUT2D eigenvalue weighted by atomic mass is 19.4. The van der Waals surface area contributed by atoms with Gasteiger partial charge in [-0.05, 0) is 30.5 Å². The van der Waals surface area contributed by atoms with Gasteiger partial charge in [0, 0.05) is 6.42 Å². The molecule has 0 spiro atoms. The van der Waals surface area contributed by atoms with E-state index in [0.29, 0.717) is 25.9 Å². The third-order valence-electron chi connectivity index (χ3n) is 2.44. The average Bonchev–Trinajstić information content (AvgIpc) is 2.33. The van der Waals surface area contributed by atoms with Crippen LogP contribution in [0.5, 0.6) is 0 Å². The highest BCUT2D eigenvalue weighted by molar-refractivity contribution is 5.68. The van der Waals surface area contributed by atoms with Crippen LogP contribution in [0.4, 0.5) is 13.2 Å². The van der Waals surface area contributed by atoms with Crippen LogP contribution in [0.25, 0.3) is 0 Å². The van der Waals surface area contributed by atoms with Crippen molar-refractivity contribution in [3.8, 4) is 0 Å². The molecule has 1 rings (SSSR count). The number of benzene rings is 1. The van der Waals surface area contributed by atoms with Crippen LogP contribution in [0.1, 0.15) is 30.9 Å². The van der Waals surface area contributed by atoms with Crippen LogP contribution in [0, 0.1) is 0 Å².